The van der Waals surface area contributed by atoms with Crippen LogP contribution in [0, 0.1) is 6.92 Å². The van der Waals surface area contributed by atoms with E-state index in [-0.39, 0.29) is 11.5 Å². The number of carbonyl (C=O) groups excluding carboxylic acids is 1. The predicted octanol–water partition coefficient (Wildman–Crippen LogP) is 1.95. The quantitative estimate of drug-likeness (QED) is 0.807. The molecule has 0 aliphatic heterocycles. The van der Waals surface area contributed by atoms with Gasteiger partial charge in [0.05, 0.1) is 13.7 Å². The zero-order valence-electron chi connectivity index (χ0n) is 12.8. The average Bonchev–Trinajstić information content (AvgIpc) is 2.72. The van der Waals surface area contributed by atoms with Gasteiger partial charge in [-0.05, 0) is 46.3 Å². The van der Waals surface area contributed by atoms with Crippen LogP contribution in [0.5, 0.6) is 0 Å². The van der Waals surface area contributed by atoms with Crippen molar-refractivity contribution >= 4 is 5.97 Å². The number of furan rings is 1. The monoisotopic (exact) mass is 280 g/mol. The van der Waals surface area contributed by atoms with Crippen LogP contribution in [0.2, 0.25) is 0 Å². The van der Waals surface area contributed by atoms with Crippen molar-refractivity contribution in [1.29, 1.82) is 0 Å². The topological polar surface area (TPSA) is 54.7 Å². The molecule has 112 valence electrons. The molecular formula is C15H24N2O3. The molecule has 0 spiro atoms. The van der Waals surface area contributed by atoms with Crippen molar-refractivity contribution in [1.82, 2.24) is 10.2 Å². The lowest BCUT2D eigenvalue weighted by Gasteiger charge is -2.47. The molecule has 0 saturated heterocycles. The Balaban J connectivity index is 1.90. The van der Waals surface area contributed by atoms with Crippen LogP contribution < -0.4 is 5.32 Å². The largest absolute Gasteiger partial charge is 0.465 e. The second-order valence-electron chi connectivity index (χ2n) is 5.75. The Bertz CT molecular complexity index is 475. The standard InChI is InChI=1S/C15H24N2O3/c1-11-13(14(18)19-4)8-12(20-11)9-16-10-15(17(2)3)6-5-7-15/h8,16H,5-7,9-10H2,1-4H3. The summed E-state index contributed by atoms with van der Waals surface area (Å²) < 4.78 is 10.3. The van der Waals surface area contributed by atoms with Gasteiger partial charge in [-0.3, -0.25) is 0 Å². The Kier molecular flexibility index (Phi) is 4.50. The Morgan fingerprint density at radius 3 is 2.70 bits per heavy atom. The van der Waals surface area contributed by atoms with Gasteiger partial charge in [-0.15, -0.1) is 0 Å². The number of nitrogens with zero attached hydrogens (tertiary/aromatic N) is 1. The Labute approximate surface area is 120 Å². The van der Waals surface area contributed by atoms with Crippen molar-refractivity contribution in [3.63, 3.8) is 0 Å². The van der Waals surface area contributed by atoms with Crippen molar-refractivity contribution in [2.75, 3.05) is 27.7 Å². The van der Waals surface area contributed by atoms with Gasteiger partial charge in [0.2, 0.25) is 0 Å². The van der Waals surface area contributed by atoms with Crippen LogP contribution in [0.1, 0.15) is 41.1 Å². The number of aryl methyl sites for hydroxylation is 1. The van der Waals surface area contributed by atoms with Crippen LogP contribution in [0.3, 0.4) is 0 Å². The van der Waals surface area contributed by atoms with Gasteiger partial charge in [0, 0.05) is 12.1 Å². The molecule has 0 radical (unpaired) electrons. The van der Waals surface area contributed by atoms with E-state index in [1.54, 1.807) is 13.0 Å². The van der Waals surface area contributed by atoms with Gasteiger partial charge < -0.3 is 19.4 Å². The summed E-state index contributed by atoms with van der Waals surface area (Å²) in [5.41, 5.74) is 0.794. The van der Waals surface area contributed by atoms with Crippen molar-refractivity contribution in [2.24, 2.45) is 0 Å². The minimum atomic E-state index is -0.346. The van der Waals surface area contributed by atoms with Crippen LogP contribution >= 0.6 is 0 Å². The summed E-state index contributed by atoms with van der Waals surface area (Å²) in [4.78, 5) is 13.8. The molecule has 0 amide bonds. The number of ether oxygens (including phenoxy) is 1. The summed E-state index contributed by atoms with van der Waals surface area (Å²) in [6.07, 6.45) is 3.77. The molecule has 2 rings (SSSR count). The number of nitrogens with one attached hydrogen (secondary N) is 1. The zero-order valence-corrected chi connectivity index (χ0v) is 12.8. The van der Waals surface area contributed by atoms with E-state index in [1.807, 2.05) is 0 Å². The van der Waals surface area contributed by atoms with Gasteiger partial charge >= 0.3 is 5.97 Å². The molecule has 1 aromatic heterocycles. The lowest BCUT2D eigenvalue weighted by molar-refractivity contribution is 0.0593. The van der Waals surface area contributed by atoms with E-state index in [1.165, 1.54) is 26.4 Å². The first-order valence-corrected chi connectivity index (χ1v) is 7.04. The molecule has 0 aromatic carbocycles. The average molecular weight is 280 g/mol. The van der Waals surface area contributed by atoms with E-state index in [0.717, 1.165) is 12.3 Å². The predicted molar refractivity (Wildman–Crippen MR) is 76.8 cm³/mol. The van der Waals surface area contributed by atoms with E-state index in [2.05, 4.69) is 24.3 Å². The molecule has 0 bridgehead atoms. The van der Waals surface area contributed by atoms with Gasteiger partial charge in [0.15, 0.2) is 0 Å². The highest BCUT2D eigenvalue weighted by molar-refractivity contribution is 5.90. The van der Waals surface area contributed by atoms with Crippen LogP contribution in [-0.2, 0) is 11.3 Å². The molecule has 5 heteroatoms. The molecule has 1 fully saturated rings. The highest BCUT2D eigenvalue weighted by Crippen LogP contribution is 2.35. The molecule has 1 N–H and O–H groups in total. The van der Waals surface area contributed by atoms with Crippen molar-refractivity contribution in [2.45, 2.75) is 38.3 Å². The highest BCUT2D eigenvalue weighted by Gasteiger charge is 2.38. The van der Waals surface area contributed by atoms with Gasteiger partial charge in [-0.25, -0.2) is 4.79 Å². The van der Waals surface area contributed by atoms with Gasteiger partial charge in [0.1, 0.15) is 17.1 Å². The molecule has 1 aliphatic rings. The van der Waals surface area contributed by atoms with Gasteiger partial charge in [0.25, 0.3) is 0 Å². The van der Waals surface area contributed by atoms with Crippen LogP contribution in [0.4, 0.5) is 0 Å². The summed E-state index contributed by atoms with van der Waals surface area (Å²) in [7, 11) is 5.64. The highest BCUT2D eigenvalue weighted by atomic mass is 16.5. The number of methoxy groups -OCH3 is 1. The van der Waals surface area contributed by atoms with E-state index >= 15 is 0 Å². The minimum Gasteiger partial charge on any atom is -0.465 e. The second-order valence-corrected chi connectivity index (χ2v) is 5.75. The summed E-state index contributed by atoms with van der Waals surface area (Å²) in [6.45, 7) is 3.35. The molecule has 5 nitrogen and oxygen atoms in total. The number of rotatable bonds is 6. The maximum absolute atomic E-state index is 11.5. The summed E-state index contributed by atoms with van der Waals surface area (Å²) >= 11 is 0. The van der Waals surface area contributed by atoms with Crippen LogP contribution in [0.25, 0.3) is 0 Å². The lowest BCUT2D eigenvalue weighted by Crippen LogP contribution is -2.56. The number of hydrogen-bond acceptors (Lipinski definition) is 5. The summed E-state index contributed by atoms with van der Waals surface area (Å²) in [5.74, 6) is 1.04. The first-order valence-electron chi connectivity index (χ1n) is 7.04. The van der Waals surface area contributed by atoms with Gasteiger partial charge in [-0.2, -0.15) is 0 Å². The van der Waals surface area contributed by atoms with E-state index in [4.69, 9.17) is 9.15 Å². The molecular weight excluding hydrogens is 256 g/mol. The minimum absolute atomic E-state index is 0.285. The number of likely N-dealkylation sites (N-methyl/N-ethyl adjacent to an activating group) is 1. The maximum atomic E-state index is 11.5. The lowest BCUT2D eigenvalue weighted by atomic mass is 9.75. The zero-order chi connectivity index (χ0) is 14.8. The number of esters is 1. The maximum Gasteiger partial charge on any atom is 0.341 e. The van der Waals surface area contributed by atoms with Crippen LogP contribution in [0.15, 0.2) is 10.5 Å². The fraction of sp³-hybridized carbons (Fsp3) is 0.667. The first kappa shape index (κ1) is 15.1. The molecule has 1 aliphatic carbocycles. The van der Waals surface area contributed by atoms with Gasteiger partial charge in [-0.1, -0.05) is 0 Å². The molecule has 0 atom stereocenters. The first-order chi connectivity index (χ1) is 9.48. The summed E-state index contributed by atoms with van der Waals surface area (Å²) in [5, 5.41) is 3.44. The third kappa shape index (κ3) is 2.88. The fourth-order valence-corrected chi connectivity index (χ4v) is 2.73. The molecule has 1 heterocycles. The molecule has 1 saturated carbocycles. The number of hydrogen-bond donors (Lipinski definition) is 1. The SMILES string of the molecule is COC(=O)c1cc(CNCC2(N(C)C)CCC2)oc1C. The smallest absolute Gasteiger partial charge is 0.341 e. The Morgan fingerprint density at radius 1 is 1.50 bits per heavy atom. The summed E-state index contributed by atoms with van der Waals surface area (Å²) in [6, 6.07) is 1.76. The van der Waals surface area contributed by atoms with E-state index in [0.29, 0.717) is 17.9 Å². The van der Waals surface area contributed by atoms with Crippen molar-refractivity contribution in [3.8, 4) is 0 Å². The Hall–Kier alpha value is -1.33. The van der Waals surface area contributed by atoms with Crippen molar-refractivity contribution < 1.29 is 13.9 Å². The van der Waals surface area contributed by atoms with Crippen molar-refractivity contribution in [3.05, 3.63) is 23.2 Å². The third-order valence-corrected chi connectivity index (χ3v) is 4.36. The number of carbonyl (C=O) groups is 1. The Morgan fingerprint density at radius 2 is 2.20 bits per heavy atom. The third-order valence-electron chi connectivity index (χ3n) is 4.36. The second kappa shape index (κ2) is 5.97. The molecule has 0 unspecified atom stereocenters. The molecule has 1 aromatic rings. The van der Waals surface area contributed by atoms with Crippen LogP contribution in [-0.4, -0.2) is 44.2 Å². The van der Waals surface area contributed by atoms with E-state index < -0.39 is 0 Å². The molecule has 20 heavy (non-hydrogen) atoms. The normalized spacial score (nSPS) is 17.1. The van der Waals surface area contributed by atoms with E-state index in [9.17, 15) is 4.79 Å². The fourth-order valence-electron chi connectivity index (χ4n) is 2.73.